The molecule has 0 unspecified atom stereocenters. The van der Waals surface area contributed by atoms with Gasteiger partial charge in [0.25, 0.3) is 0 Å². The molecule has 0 bridgehead atoms. The zero-order valence-corrected chi connectivity index (χ0v) is 9.77. The molecule has 0 radical (unpaired) electrons. The van der Waals surface area contributed by atoms with Crippen LogP contribution >= 0.6 is 0 Å². The smallest absolute Gasteiger partial charge is 0.308 e. The molecule has 4 heteroatoms. The maximum Gasteiger partial charge on any atom is 0.308 e. The van der Waals surface area contributed by atoms with Gasteiger partial charge in [0.2, 0.25) is 0 Å². The van der Waals surface area contributed by atoms with Crippen molar-refractivity contribution in [2.45, 2.75) is 12.3 Å². The van der Waals surface area contributed by atoms with Crippen LogP contribution in [0.4, 0.5) is 4.39 Å². The van der Waals surface area contributed by atoms with Crippen molar-refractivity contribution >= 4 is 5.97 Å². The molecule has 1 saturated heterocycles. The van der Waals surface area contributed by atoms with Crippen molar-refractivity contribution in [3.8, 4) is 0 Å². The minimum Gasteiger partial charge on any atom is -0.481 e. The molecule has 1 aliphatic rings. The van der Waals surface area contributed by atoms with E-state index in [0.717, 1.165) is 18.5 Å². The van der Waals surface area contributed by atoms with Crippen LogP contribution in [0.1, 0.15) is 17.9 Å². The molecule has 1 aliphatic heterocycles. The lowest BCUT2D eigenvalue weighted by Crippen LogP contribution is -2.40. The summed E-state index contributed by atoms with van der Waals surface area (Å²) in [6, 6.07) is 6.18. The van der Waals surface area contributed by atoms with Crippen molar-refractivity contribution < 1.29 is 14.3 Å². The summed E-state index contributed by atoms with van der Waals surface area (Å²) in [5.74, 6) is -1.47. The summed E-state index contributed by atoms with van der Waals surface area (Å²) in [5.41, 5.74) is 0.923. The third-order valence-corrected chi connectivity index (χ3v) is 3.43. The number of nitrogens with zero attached hydrogens (tertiary/aromatic N) is 1. The molecule has 1 heterocycles. The molecule has 0 spiro atoms. The number of aliphatic carboxylic acids is 1. The van der Waals surface area contributed by atoms with Crippen molar-refractivity contribution in [3.63, 3.8) is 0 Å². The van der Waals surface area contributed by atoms with Crippen LogP contribution in [0.2, 0.25) is 0 Å². The summed E-state index contributed by atoms with van der Waals surface area (Å²) in [6.45, 7) is 1.43. The number of benzene rings is 1. The maximum atomic E-state index is 12.8. The molecule has 1 fully saturated rings. The fourth-order valence-corrected chi connectivity index (χ4v) is 2.47. The Morgan fingerprint density at radius 3 is 2.65 bits per heavy atom. The van der Waals surface area contributed by atoms with E-state index in [4.69, 9.17) is 0 Å². The number of carboxylic acids is 1. The molecule has 1 aromatic rings. The molecule has 0 amide bonds. The summed E-state index contributed by atoms with van der Waals surface area (Å²) in [7, 11) is 1.93. The average molecular weight is 237 g/mol. The Morgan fingerprint density at radius 1 is 1.41 bits per heavy atom. The van der Waals surface area contributed by atoms with Crippen molar-refractivity contribution in [2.75, 3.05) is 20.1 Å². The number of rotatable bonds is 2. The van der Waals surface area contributed by atoms with Crippen LogP contribution in [0.15, 0.2) is 24.3 Å². The van der Waals surface area contributed by atoms with Gasteiger partial charge in [0.1, 0.15) is 5.82 Å². The van der Waals surface area contributed by atoms with E-state index >= 15 is 0 Å². The Hall–Kier alpha value is -1.42. The molecule has 92 valence electrons. The topological polar surface area (TPSA) is 40.5 Å². The van der Waals surface area contributed by atoms with Crippen molar-refractivity contribution in [1.82, 2.24) is 4.90 Å². The molecular formula is C13H16FNO2. The molecule has 3 nitrogen and oxygen atoms in total. The monoisotopic (exact) mass is 237 g/mol. The lowest BCUT2D eigenvalue weighted by molar-refractivity contribution is -0.144. The van der Waals surface area contributed by atoms with Gasteiger partial charge < -0.3 is 10.0 Å². The zero-order valence-electron chi connectivity index (χ0n) is 9.77. The first-order valence-corrected chi connectivity index (χ1v) is 5.74. The first-order chi connectivity index (χ1) is 8.08. The third-order valence-electron chi connectivity index (χ3n) is 3.43. The van der Waals surface area contributed by atoms with E-state index in [1.54, 1.807) is 12.1 Å². The number of carboxylic acid groups (broad SMARTS) is 1. The van der Waals surface area contributed by atoms with Crippen LogP contribution in [0.3, 0.4) is 0 Å². The summed E-state index contributed by atoms with van der Waals surface area (Å²) in [4.78, 5) is 13.3. The molecule has 2 atom stereocenters. The van der Waals surface area contributed by atoms with Gasteiger partial charge in [-0.1, -0.05) is 12.1 Å². The van der Waals surface area contributed by atoms with E-state index in [1.165, 1.54) is 12.1 Å². The highest BCUT2D eigenvalue weighted by molar-refractivity contribution is 5.72. The highest BCUT2D eigenvalue weighted by Crippen LogP contribution is 2.32. The number of likely N-dealkylation sites (tertiary alicyclic amines) is 1. The van der Waals surface area contributed by atoms with E-state index in [1.807, 2.05) is 11.9 Å². The molecule has 2 rings (SSSR count). The van der Waals surface area contributed by atoms with Gasteiger partial charge in [-0.2, -0.15) is 0 Å². The number of carbonyl (C=O) groups is 1. The van der Waals surface area contributed by atoms with Crippen LogP contribution in [0.5, 0.6) is 0 Å². The lowest BCUT2D eigenvalue weighted by Gasteiger charge is -2.34. The second-order valence-corrected chi connectivity index (χ2v) is 4.65. The number of hydrogen-bond acceptors (Lipinski definition) is 2. The minimum atomic E-state index is -0.772. The molecule has 17 heavy (non-hydrogen) atoms. The zero-order chi connectivity index (χ0) is 12.4. The summed E-state index contributed by atoms with van der Waals surface area (Å²) in [5, 5.41) is 9.24. The van der Waals surface area contributed by atoms with Gasteiger partial charge in [0, 0.05) is 6.54 Å². The van der Waals surface area contributed by atoms with Crippen LogP contribution in [0, 0.1) is 11.7 Å². The van der Waals surface area contributed by atoms with Gasteiger partial charge in [0.05, 0.1) is 5.92 Å². The van der Waals surface area contributed by atoms with E-state index in [0.29, 0.717) is 6.54 Å². The fourth-order valence-electron chi connectivity index (χ4n) is 2.47. The Balaban J connectivity index is 2.23. The Morgan fingerprint density at radius 2 is 2.06 bits per heavy atom. The van der Waals surface area contributed by atoms with Crippen LogP contribution in [-0.4, -0.2) is 36.1 Å². The van der Waals surface area contributed by atoms with E-state index in [-0.39, 0.29) is 11.7 Å². The fraction of sp³-hybridized carbons (Fsp3) is 0.462. The number of halogens is 1. The molecular weight excluding hydrogens is 221 g/mol. The van der Waals surface area contributed by atoms with Crippen LogP contribution in [0.25, 0.3) is 0 Å². The number of hydrogen-bond donors (Lipinski definition) is 1. The van der Waals surface area contributed by atoms with Crippen molar-refractivity contribution in [3.05, 3.63) is 35.6 Å². The van der Waals surface area contributed by atoms with Gasteiger partial charge in [-0.15, -0.1) is 0 Å². The van der Waals surface area contributed by atoms with Gasteiger partial charge in [-0.05, 0) is 43.6 Å². The average Bonchev–Trinajstić information content (AvgIpc) is 2.30. The standard InChI is InChI=1S/C13H16FNO2/c1-15-7-6-11(12(8-15)13(16)17)9-2-4-10(14)5-3-9/h2-5,11-12H,6-8H2,1H3,(H,16,17)/t11-,12+/m1/s1. The van der Waals surface area contributed by atoms with Crippen molar-refractivity contribution in [2.24, 2.45) is 5.92 Å². The Labute approximate surface area is 99.9 Å². The van der Waals surface area contributed by atoms with Crippen LogP contribution < -0.4 is 0 Å². The second-order valence-electron chi connectivity index (χ2n) is 4.65. The predicted molar refractivity (Wildman–Crippen MR) is 62.4 cm³/mol. The lowest BCUT2D eigenvalue weighted by atomic mass is 9.80. The van der Waals surface area contributed by atoms with E-state index < -0.39 is 11.9 Å². The summed E-state index contributed by atoms with van der Waals surface area (Å²) >= 11 is 0. The SMILES string of the molecule is CN1CC[C@H](c2ccc(F)cc2)[C@@H](C(=O)O)C1. The quantitative estimate of drug-likeness (QED) is 0.854. The van der Waals surface area contributed by atoms with Gasteiger partial charge in [-0.25, -0.2) is 4.39 Å². The largest absolute Gasteiger partial charge is 0.481 e. The highest BCUT2D eigenvalue weighted by atomic mass is 19.1. The molecule has 0 aliphatic carbocycles. The molecule has 1 N–H and O–H groups in total. The normalized spacial score (nSPS) is 25.8. The highest BCUT2D eigenvalue weighted by Gasteiger charge is 2.33. The Bertz CT molecular complexity index is 404. The summed E-state index contributed by atoms with van der Waals surface area (Å²) in [6.07, 6.45) is 0.805. The predicted octanol–water partition coefficient (Wildman–Crippen LogP) is 1.95. The number of piperidine rings is 1. The van der Waals surface area contributed by atoms with E-state index in [2.05, 4.69) is 0 Å². The van der Waals surface area contributed by atoms with Crippen LogP contribution in [-0.2, 0) is 4.79 Å². The minimum absolute atomic E-state index is 0.00991. The van der Waals surface area contributed by atoms with Gasteiger partial charge in [0.15, 0.2) is 0 Å². The first kappa shape index (κ1) is 12.0. The molecule has 0 aromatic heterocycles. The third kappa shape index (κ3) is 2.64. The van der Waals surface area contributed by atoms with Gasteiger partial charge >= 0.3 is 5.97 Å². The maximum absolute atomic E-state index is 12.8. The first-order valence-electron chi connectivity index (χ1n) is 5.74. The Kier molecular flexibility index (Phi) is 3.43. The van der Waals surface area contributed by atoms with E-state index in [9.17, 15) is 14.3 Å². The molecule has 0 saturated carbocycles. The van der Waals surface area contributed by atoms with Crippen molar-refractivity contribution in [1.29, 1.82) is 0 Å². The summed E-state index contributed by atoms with van der Waals surface area (Å²) < 4.78 is 12.8. The second kappa shape index (κ2) is 4.84. The molecule has 1 aromatic carbocycles. The van der Waals surface area contributed by atoms with Gasteiger partial charge in [-0.3, -0.25) is 4.79 Å².